The minimum absolute atomic E-state index is 0.651. The molecule has 234 valence electrons. The van der Waals surface area contributed by atoms with Gasteiger partial charge in [-0.05, 0) is 70.8 Å². The van der Waals surface area contributed by atoms with E-state index >= 15 is 0 Å². The van der Waals surface area contributed by atoms with E-state index in [1.165, 1.54) is 43.7 Å². The fourth-order valence-electron chi connectivity index (χ4n) is 7.56. The Bertz CT molecular complexity index is 2860. The van der Waals surface area contributed by atoms with Crippen molar-refractivity contribution in [3.63, 3.8) is 0 Å². The van der Waals surface area contributed by atoms with E-state index in [1.807, 2.05) is 18.3 Å². The first-order chi connectivity index (χ1) is 24.8. The van der Waals surface area contributed by atoms with Crippen molar-refractivity contribution in [3.8, 4) is 45.1 Å². The van der Waals surface area contributed by atoms with Gasteiger partial charge in [0.2, 0.25) is 5.95 Å². The Labute approximate surface area is 289 Å². The van der Waals surface area contributed by atoms with E-state index < -0.39 is 0 Å². The van der Waals surface area contributed by atoms with Crippen molar-refractivity contribution in [2.45, 2.75) is 0 Å². The molecule has 0 bridgehead atoms. The molecule has 4 nitrogen and oxygen atoms in total. The minimum atomic E-state index is 0.651. The Morgan fingerprint density at radius 2 is 0.940 bits per heavy atom. The van der Waals surface area contributed by atoms with E-state index in [-0.39, 0.29) is 0 Å². The van der Waals surface area contributed by atoms with Crippen molar-refractivity contribution in [1.82, 2.24) is 19.1 Å². The normalized spacial score (nSPS) is 11.6. The number of benzene rings is 7. The fourth-order valence-corrected chi connectivity index (χ4v) is 7.56. The van der Waals surface area contributed by atoms with Crippen LogP contribution in [0.15, 0.2) is 182 Å². The van der Waals surface area contributed by atoms with Crippen LogP contribution in [0.25, 0.3) is 88.8 Å². The van der Waals surface area contributed by atoms with Crippen LogP contribution in [0.3, 0.4) is 0 Å². The maximum Gasteiger partial charge on any atom is 0.235 e. The second kappa shape index (κ2) is 11.4. The van der Waals surface area contributed by atoms with Crippen molar-refractivity contribution >= 4 is 43.6 Å². The van der Waals surface area contributed by atoms with Crippen LogP contribution in [0.5, 0.6) is 0 Å². The van der Waals surface area contributed by atoms with Crippen LogP contribution in [-0.2, 0) is 0 Å². The third kappa shape index (κ3) is 4.46. The second-order valence-electron chi connectivity index (χ2n) is 12.7. The van der Waals surface area contributed by atoms with Crippen LogP contribution < -0.4 is 0 Å². The number of hydrogen-bond acceptors (Lipinski definition) is 2. The molecule has 0 aliphatic carbocycles. The summed E-state index contributed by atoms with van der Waals surface area (Å²) in [5, 5.41) is 4.84. The van der Waals surface area contributed by atoms with Gasteiger partial charge in [-0.15, -0.1) is 0 Å². The molecule has 10 rings (SSSR count). The van der Waals surface area contributed by atoms with E-state index in [1.54, 1.807) is 0 Å². The molecule has 0 amide bonds. The fraction of sp³-hybridized carbons (Fsp3) is 0. The van der Waals surface area contributed by atoms with E-state index in [0.717, 1.165) is 39.1 Å². The zero-order chi connectivity index (χ0) is 33.0. The van der Waals surface area contributed by atoms with Crippen molar-refractivity contribution in [2.24, 2.45) is 0 Å². The number of nitrogens with zero attached hydrogens (tertiary/aromatic N) is 4. The summed E-state index contributed by atoms with van der Waals surface area (Å²) in [4.78, 5) is 10.0. The van der Waals surface area contributed by atoms with Gasteiger partial charge >= 0.3 is 0 Å². The molecular weight excluding hydrogens is 609 g/mol. The first-order valence-corrected chi connectivity index (χ1v) is 16.9. The van der Waals surface area contributed by atoms with Crippen LogP contribution in [-0.4, -0.2) is 19.1 Å². The average molecular weight is 639 g/mol. The van der Waals surface area contributed by atoms with E-state index in [4.69, 9.17) is 9.97 Å². The van der Waals surface area contributed by atoms with Gasteiger partial charge in [0.25, 0.3) is 0 Å². The first-order valence-electron chi connectivity index (χ1n) is 16.9. The maximum atomic E-state index is 5.19. The Hall–Kier alpha value is -6.78. The van der Waals surface area contributed by atoms with Crippen LogP contribution in [0.4, 0.5) is 0 Å². The molecular formula is C46H30N4. The molecule has 3 heterocycles. The Balaban J connectivity index is 1.14. The lowest BCUT2D eigenvalue weighted by Crippen LogP contribution is -2.02. The van der Waals surface area contributed by atoms with E-state index in [2.05, 4.69) is 173 Å². The summed E-state index contributed by atoms with van der Waals surface area (Å²) in [7, 11) is 0. The van der Waals surface area contributed by atoms with Gasteiger partial charge in [-0.1, -0.05) is 127 Å². The van der Waals surface area contributed by atoms with Gasteiger partial charge in [0.1, 0.15) is 0 Å². The molecule has 0 aliphatic heterocycles. The summed E-state index contributed by atoms with van der Waals surface area (Å²) in [5.41, 5.74) is 12.3. The van der Waals surface area contributed by atoms with Gasteiger partial charge in [0.05, 0.1) is 27.8 Å². The van der Waals surface area contributed by atoms with Crippen LogP contribution in [0.2, 0.25) is 0 Å². The lowest BCUT2D eigenvalue weighted by atomic mass is 9.98. The molecule has 0 N–H and O–H groups in total. The zero-order valence-electron chi connectivity index (χ0n) is 27.1. The maximum absolute atomic E-state index is 5.19. The predicted molar refractivity (Wildman–Crippen MR) is 207 cm³/mol. The summed E-state index contributed by atoms with van der Waals surface area (Å²) in [6.45, 7) is 0. The molecule has 0 atom stereocenters. The molecule has 0 radical (unpaired) electrons. The van der Waals surface area contributed by atoms with Crippen molar-refractivity contribution in [1.29, 1.82) is 0 Å². The quantitative estimate of drug-likeness (QED) is 0.188. The molecule has 7 aromatic carbocycles. The SMILES string of the molecule is c1ccc(-c2ccccc2-c2ccnc(-n3c4ccccc4c4cc(-c5ccc6c7ccccc7n(-c7ccccc7)c6c5)ccc43)n2)cc1. The first kappa shape index (κ1) is 28.3. The summed E-state index contributed by atoms with van der Waals surface area (Å²) in [5.74, 6) is 0.651. The minimum Gasteiger partial charge on any atom is -0.309 e. The summed E-state index contributed by atoms with van der Waals surface area (Å²) in [6, 6.07) is 62.4. The summed E-state index contributed by atoms with van der Waals surface area (Å²) in [6.07, 6.45) is 1.87. The highest BCUT2D eigenvalue weighted by atomic mass is 15.2. The molecule has 4 heteroatoms. The van der Waals surface area contributed by atoms with Gasteiger partial charge in [0, 0.05) is 39.0 Å². The largest absolute Gasteiger partial charge is 0.309 e. The standard InChI is InChI=1S/C46H30N4/c1-3-13-31(14-4-1)35-17-7-8-18-36(35)41-27-28-47-46(48-41)50-43-22-12-10-20-38(43)40-29-32(24-26-44(40)50)33-23-25-39-37-19-9-11-21-42(37)49(45(39)30-33)34-15-5-2-6-16-34/h1-30H. The molecule has 0 fully saturated rings. The third-order valence-electron chi connectivity index (χ3n) is 9.82. The second-order valence-corrected chi connectivity index (χ2v) is 12.7. The predicted octanol–water partition coefficient (Wildman–Crippen LogP) is 11.7. The summed E-state index contributed by atoms with van der Waals surface area (Å²) < 4.78 is 4.57. The van der Waals surface area contributed by atoms with Crippen LogP contribution in [0, 0.1) is 0 Å². The number of hydrogen-bond donors (Lipinski definition) is 0. The highest BCUT2D eigenvalue weighted by Crippen LogP contribution is 2.38. The molecule has 0 saturated heterocycles. The van der Waals surface area contributed by atoms with Gasteiger partial charge in [-0.25, -0.2) is 9.97 Å². The molecule has 10 aromatic rings. The van der Waals surface area contributed by atoms with Crippen LogP contribution in [0.1, 0.15) is 0 Å². The number of fused-ring (bicyclic) bond motifs is 6. The van der Waals surface area contributed by atoms with E-state index in [0.29, 0.717) is 5.95 Å². The Morgan fingerprint density at radius 3 is 1.74 bits per heavy atom. The zero-order valence-corrected chi connectivity index (χ0v) is 27.1. The molecule has 0 saturated carbocycles. The third-order valence-corrected chi connectivity index (χ3v) is 9.82. The Morgan fingerprint density at radius 1 is 0.360 bits per heavy atom. The molecule has 0 unspecified atom stereocenters. The molecule has 50 heavy (non-hydrogen) atoms. The topological polar surface area (TPSA) is 35.6 Å². The molecule has 0 aliphatic rings. The van der Waals surface area contributed by atoms with Gasteiger partial charge in [0.15, 0.2) is 0 Å². The smallest absolute Gasteiger partial charge is 0.235 e. The van der Waals surface area contributed by atoms with Crippen molar-refractivity contribution in [2.75, 3.05) is 0 Å². The van der Waals surface area contributed by atoms with Gasteiger partial charge < -0.3 is 4.57 Å². The van der Waals surface area contributed by atoms with Gasteiger partial charge in [-0.2, -0.15) is 0 Å². The highest BCUT2D eigenvalue weighted by Gasteiger charge is 2.18. The summed E-state index contributed by atoms with van der Waals surface area (Å²) >= 11 is 0. The lowest BCUT2D eigenvalue weighted by Gasteiger charge is -2.12. The van der Waals surface area contributed by atoms with Crippen LogP contribution >= 0.6 is 0 Å². The monoisotopic (exact) mass is 638 g/mol. The average Bonchev–Trinajstić information content (AvgIpc) is 3.71. The number of rotatable bonds is 5. The highest BCUT2D eigenvalue weighted by molar-refractivity contribution is 6.12. The van der Waals surface area contributed by atoms with Gasteiger partial charge in [-0.3, -0.25) is 4.57 Å². The lowest BCUT2D eigenvalue weighted by molar-refractivity contribution is 0.992. The molecule has 0 spiro atoms. The van der Waals surface area contributed by atoms with E-state index in [9.17, 15) is 0 Å². The van der Waals surface area contributed by atoms with Crippen molar-refractivity contribution in [3.05, 3.63) is 182 Å². The Kier molecular flexibility index (Phi) is 6.46. The number of aromatic nitrogens is 4. The van der Waals surface area contributed by atoms with Crippen molar-refractivity contribution < 1.29 is 0 Å². The number of para-hydroxylation sites is 3. The molecule has 3 aromatic heterocycles.